The van der Waals surface area contributed by atoms with Gasteiger partial charge in [0.1, 0.15) is 0 Å². The van der Waals surface area contributed by atoms with Crippen LogP contribution in [0.2, 0.25) is 0 Å². The van der Waals surface area contributed by atoms with Crippen LogP contribution in [-0.2, 0) is 14.2 Å². The molecule has 14 heavy (non-hydrogen) atoms. The van der Waals surface area contributed by atoms with Crippen molar-refractivity contribution in [2.75, 3.05) is 6.61 Å². The maximum absolute atomic E-state index is 10.8. The van der Waals surface area contributed by atoms with E-state index in [2.05, 4.69) is 14.2 Å². The largest absolute Gasteiger partial charge is 0.511 e. The summed E-state index contributed by atoms with van der Waals surface area (Å²) in [5, 5.41) is 8.16. The maximum atomic E-state index is 10.8. The second kappa shape index (κ2) is 6.99. The molecule has 1 atom stereocenters. The van der Waals surface area contributed by atoms with Gasteiger partial charge in [-0.15, -0.1) is 0 Å². The number of carbonyl (C=O) groups is 2. The summed E-state index contributed by atoms with van der Waals surface area (Å²) in [6.07, 6.45) is -1.94. The van der Waals surface area contributed by atoms with Crippen molar-refractivity contribution in [2.45, 2.75) is 33.0 Å². The minimum atomic E-state index is -1.50. The highest BCUT2D eigenvalue weighted by Crippen LogP contribution is 1.98. The normalized spacial score (nSPS) is 11.6. The third-order valence-corrected chi connectivity index (χ3v) is 1.25. The Hall–Kier alpha value is -1.46. The third-order valence-electron chi connectivity index (χ3n) is 1.25. The van der Waals surface area contributed by atoms with Crippen LogP contribution < -0.4 is 0 Å². The predicted molar refractivity (Wildman–Crippen MR) is 45.9 cm³/mol. The number of ether oxygens (including phenoxy) is 3. The molecule has 0 bridgehead atoms. The van der Waals surface area contributed by atoms with Crippen LogP contribution in [0.3, 0.4) is 0 Å². The van der Waals surface area contributed by atoms with E-state index in [0.29, 0.717) is 0 Å². The van der Waals surface area contributed by atoms with Gasteiger partial charge in [0.25, 0.3) is 6.29 Å². The smallest absolute Gasteiger partial charge is 0.450 e. The summed E-state index contributed by atoms with van der Waals surface area (Å²) in [6.45, 7) is 3.50. The van der Waals surface area contributed by atoms with Crippen LogP contribution in [0.5, 0.6) is 0 Å². The molecule has 0 aromatic heterocycles. The molecule has 0 radical (unpaired) electrons. The van der Waals surface area contributed by atoms with Crippen molar-refractivity contribution in [3.05, 3.63) is 0 Å². The second-order valence-corrected chi connectivity index (χ2v) is 2.52. The SMILES string of the molecule is CCCCOC(=O)OC(C)OC(=O)O. The fraction of sp³-hybridized carbons (Fsp3) is 0.750. The third kappa shape index (κ3) is 7.20. The first-order valence-corrected chi connectivity index (χ1v) is 4.29. The van der Waals surface area contributed by atoms with E-state index in [1.165, 1.54) is 6.92 Å². The van der Waals surface area contributed by atoms with Gasteiger partial charge in [-0.1, -0.05) is 13.3 Å². The van der Waals surface area contributed by atoms with Crippen molar-refractivity contribution in [2.24, 2.45) is 0 Å². The second-order valence-electron chi connectivity index (χ2n) is 2.52. The fourth-order valence-electron chi connectivity index (χ4n) is 0.635. The molecule has 82 valence electrons. The van der Waals surface area contributed by atoms with Crippen LogP contribution in [0.4, 0.5) is 9.59 Å². The summed E-state index contributed by atoms with van der Waals surface area (Å²) in [5.41, 5.74) is 0. The highest BCUT2D eigenvalue weighted by atomic mass is 16.8. The van der Waals surface area contributed by atoms with Crippen molar-refractivity contribution < 1.29 is 28.9 Å². The molecular formula is C8H14O6. The molecule has 0 saturated heterocycles. The number of hydrogen-bond donors (Lipinski definition) is 1. The topological polar surface area (TPSA) is 82.1 Å². The standard InChI is InChI=1S/C8H14O6/c1-3-4-5-12-8(11)14-6(2)13-7(9)10/h6H,3-5H2,1-2H3,(H,9,10). The molecule has 0 heterocycles. The highest BCUT2D eigenvalue weighted by Gasteiger charge is 2.13. The van der Waals surface area contributed by atoms with E-state index < -0.39 is 18.6 Å². The van der Waals surface area contributed by atoms with Crippen molar-refractivity contribution in [1.82, 2.24) is 0 Å². The lowest BCUT2D eigenvalue weighted by Gasteiger charge is -2.11. The van der Waals surface area contributed by atoms with Gasteiger partial charge in [-0.25, -0.2) is 9.59 Å². The number of carboxylic acid groups (broad SMARTS) is 1. The van der Waals surface area contributed by atoms with Gasteiger partial charge in [0, 0.05) is 6.92 Å². The Kier molecular flexibility index (Phi) is 6.26. The molecule has 0 spiro atoms. The van der Waals surface area contributed by atoms with Gasteiger partial charge in [-0.3, -0.25) is 0 Å². The molecule has 1 unspecified atom stereocenters. The first-order valence-electron chi connectivity index (χ1n) is 4.29. The van der Waals surface area contributed by atoms with Crippen LogP contribution in [0.1, 0.15) is 26.7 Å². The van der Waals surface area contributed by atoms with E-state index in [-0.39, 0.29) is 6.61 Å². The van der Waals surface area contributed by atoms with E-state index in [4.69, 9.17) is 5.11 Å². The van der Waals surface area contributed by atoms with E-state index in [1.807, 2.05) is 6.92 Å². The predicted octanol–water partition coefficient (Wildman–Crippen LogP) is 1.98. The fourth-order valence-corrected chi connectivity index (χ4v) is 0.635. The van der Waals surface area contributed by atoms with E-state index >= 15 is 0 Å². The Morgan fingerprint density at radius 2 is 2.00 bits per heavy atom. The summed E-state index contributed by atoms with van der Waals surface area (Å²) < 4.78 is 13.2. The lowest BCUT2D eigenvalue weighted by atomic mass is 10.4. The Bertz CT molecular complexity index is 190. The van der Waals surface area contributed by atoms with Crippen LogP contribution >= 0.6 is 0 Å². The van der Waals surface area contributed by atoms with Crippen molar-refractivity contribution in [3.8, 4) is 0 Å². The molecule has 0 fully saturated rings. The number of rotatable bonds is 5. The Morgan fingerprint density at radius 3 is 2.50 bits per heavy atom. The summed E-state index contributed by atoms with van der Waals surface area (Å²) in [4.78, 5) is 20.8. The Balaban J connectivity index is 3.55. The molecule has 0 amide bonds. The Morgan fingerprint density at radius 1 is 1.36 bits per heavy atom. The van der Waals surface area contributed by atoms with Crippen LogP contribution in [0, 0.1) is 0 Å². The average molecular weight is 206 g/mol. The minimum absolute atomic E-state index is 0.259. The van der Waals surface area contributed by atoms with Crippen molar-refractivity contribution in [1.29, 1.82) is 0 Å². The van der Waals surface area contributed by atoms with Gasteiger partial charge in [-0.2, -0.15) is 0 Å². The number of unbranched alkanes of at least 4 members (excludes halogenated alkanes) is 1. The quantitative estimate of drug-likeness (QED) is 0.420. The van der Waals surface area contributed by atoms with Gasteiger partial charge in [-0.05, 0) is 6.42 Å². The zero-order chi connectivity index (χ0) is 11.0. The molecule has 0 aliphatic rings. The van der Waals surface area contributed by atoms with Gasteiger partial charge in [0.15, 0.2) is 0 Å². The molecule has 6 heteroatoms. The van der Waals surface area contributed by atoms with Gasteiger partial charge >= 0.3 is 12.3 Å². The van der Waals surface area contributed by atoms with Crippen molar-refractivity contribution in [3.63, 3.8) is 0 Å². The molecule has 0 aliphatic carbocycles. The van der Waals surface area contributed by atoms with Gasteiger partial charge in [0.05, 0.1) is 6.61 Å². The molecule has 1 N–H and O–H groups in total. The monoisotopic (exact) mass is 206 g/mol. The molecule has 6 nitrogen and oxygen atoms in total. The van der Waals surface area contributed by atoms with Crippen LogP contribution in [0.25, 0.3) is 0 Å². The van der Waals surface area contributed by atoms with Gasteiger partial charge in [0.2, 0.25) is 0 Å². The first kappa shape index (κ1) is 12.5. The average Bonchev–Trinajstić information content (AvgIpc) is 2.02. The minimum Gasteiger partial charge on any atom is -0.450 e. The number of hydrogen-bond acceptors (Lipinski definition) is 5. The summed E-state index contributed by atoms with van der Waals surface area (Å²) in [6, 6.07) is 0. The summed E-state index contributed by atoms with van der Waals surface area (Å²) in [5.74, 6) is 0. The van der Waals surface area contributed by atoms with E-state index in [1.54, 1.807) is 0 Å². The highest BCUT2D eigenvalue weighted by molar-refractivity contribution is 5.61. The zero-order valence-electron chi connectivity index (χ0n) is 8.19. The van der Waals surface area contributed by atoms with E-state index in [0.717, 1.165) is 12.8 Å². The lowest BCUT2D eigenvalue weighted by Crippen LogP contribution is -2.21. The maximum Gasteiger partial charge on any atom is 0.511 e. The molecule has 0 aromatic carbocycles. The summed E-state index contributed by atoms with van der Waals surface area (Å²) >= 11 is 0. The Labute approximate surface area is 81.8 Å². The van der Waals surface area contributed by atoms with Crippen LogP contribution in [0.15, 0.2) is 0 Å². The van der Waals surface area contributed by atoms with Crippen LogP contribution in [-0.4, -0.2) is 30.3 Å². The number of carbonyl (C=O) groups excluding carboxylic acids is 1. The summed E-state index contributed by atoms with van der Waals surface area (Å²) in [7, 11) is 0. The molecule has 0 saturated carbocycles. The van der Waals surface area contributed by atoms with Gasteiger partial charge < -0.3 is 19.3 Å². The molecule has 0 rings (SSSR count). The van der Waals surface area contributed by atoms with Crippen molar-refractivity contribution >= 4 is 12.3 Å². The molecular weight excluding hydrogens is 192 g/mol. The first-order chi connectivity index (χ1) is 6.56. The van der Waals surface area contributed by atoms with E-state index in [9.17, 15) is 9.59 Å². The zero-order valence-corrected chi connectivity index (χ0v) is 8.19. The lowest BCUT2D eigenvalue weighted by molar-refractivity contribution is -0.0871. The molecule has 0 aliphatic heterocycles. The molecule has 0 aromatic rings.